The zero-order valence-electron chi connectivity index (χ0n) is 13.3. The molecule has 0 radical (unpaired) electrons. The molecule has 22 heavy (non-hydrogen) atoms. The van der Waals surface area contributed by atoms with Gasteiger partial charge in [-0.25, -0.2) is 0 Å². The molecule has 0 heterocycles. The van der Waals surface area contributed by atoms with Crippen LogP contribution in [0.4, 0.5) is 0 Å². The van der Waals surface area contributed by atoms with Crippen LogP contribution in [0.25, 0.3) is 0 Å². The zero-order valence-corrected chi connectivity index (χ0v) is 13.3. The molecule has 0 amide bonds. The van der Waals surface area contributed by atoms with Gasteiger partial charge in [0.15, 0.2) is 11.5 Å². The van der Waals surface area contributed by atoms with Crippen LogP contribution in [-0.4, -0.2) is 19.3 Å². The van der Waals surface area contributed by atoms with E-state index < -0.39 is 0 Å². The minimum atomic E-state index is 0.0598. The third-order valence-corrected chi connectivity index (χ3v) is 3.72. The monoisotopic (exact) mass is 301 g/mol. The Labute approximate surface area is 131 Å². The summed E-state index contributed by atoms with van der Waals surface area (Å²) in [5.41, 5.74) is 3.12. The van der Waals surface area contributed by atoms with E-state index in [1.54, 1.807) is 14.2 Å². The molecular weight excluding hydrogens is 278 g/mol. The first-order valence-corrected chi connectivity index (χ1v) is 7.32. The van der Waals surface area contributed by atoms with Gasteiger partial charge in [0.1, 0.15) is 0 Å². The van der Waals surface area contributed by atoms with E-state index in [1.165, 1.54) is 0 Å². The third kappa shape index (κ3) is 3.78. The van der Waals surface area contributed by atoms with Crippen LogP contribution in [0.3, 0.4) is 0 Å². The van der Waals surface area contributed by atoms with E-state index in [0.717, 1.165) is 28.2 Å². The molecule has 0 aliphatic carbocycles. The largest absolute Gasteiger partial charge is 0.493 e. The topological polar surface area (TPSA) is 50.7 Å². The van der Waals surface area contributed by atoms with Crippen molar-refractivity contribution in [2.75, 3.05) is 14.2 Å². The minimum Gasteiger partial charge on any atom is -0.493 e. The smallest absolute Gasteiger partial charge is 0.165 e. The van der Waals surface area contributed by atoms with Crippen molar-refractivity contribution >= 4 is 0 Å². The van der Waals surface area contributed by atoms with Gasteiger partial charge in [-0.3, -0.25) is 0 Å². The molecule has 2 rings (SSSR count). The number of hydrogen-bond donors (Lipinski definition) is 2. The van der Waals surface area contributed by atoms with Crippen LogP contribution in [-0.2, 0) is 13.2 Å². The molecule has 118 valence electrons. The Kier molecular flexibility index (Phi) is 5.81. The fourth-order valence-electron chi connectivity index (χ4n) is 2.43. The Hall–Kier alpha value is -2.04. The van der Waals surface area contributed by atoms with Gasteiger partial charge in [0, 0.05) is 18.2 Å². The van der Waals surface area contributed by atoms with Crippen molar-refractivity contribution in [3.05, 3.63) is 59.2 Å². The van der Waals surface area contributed by atoms with Crippen LogP contribution >= 0.6 is 0 Å². The van der Waals surface area contributed by atoms with Gasteiger partial charge in [-0.2, -0.15) is 0 Å². The summed E-state index contributed by atoms with van der Waals surface area (Å²) in [5, 5.41) is 12.7. The van der Waals surface area contributed by atoms with Gasteiger partial charge in [-0.1, -0.05) is 36.4 Å². The molecule has 4 heteroatoms. The first-order chi connectivity index (χ1) is 10.7. The van der Waals surface area contributed by atoms with E-state index >= 15 is 0 Å². The predicted molar refractivity (Wildman–Crippen MR) is 87.2 cm³/mol. The summed E-state index contributed by atoms with van der Waals surface area (Å²) in [4.78, 5) is 0. The van der Waals surface area contributed by atoms with Crippen LogP contribution in [0.15, 0.2) is 42.5 Å². The normalized spacial score (nSPS) is 12.0. The average Bonchev–Trinajstić information content (AvgIpc) is 2.59. The zero-order chi connectivity index (χ0) is 15.9. The molecule has 0 saturated heterocycles. The Balaban J connectivity index is 2.09. The lowest BCUT2D eigenvalue weighted by atomic mass is 10.0. The number of hydrogen-bond acceptors (Lipinski definition) is 4. The number of para-hydroxylation sites is 1. The first-order valence-electron chi connectivity index (χ1n) is 7.32. The molecule has 2 N–H and O–H groups in total. The van der Waals surface area contributed by atoms with Crippen LogP contribution < -0.4 is 14.8 Å². The second kappa shape index (κ2) is 7.82. The lowest BCUT2D eigenvalue weighted by Gasteiger charge is -2.17. The Morgan fingerprint density at radius 1 is 1.09 bits per heavy atom. The second-order valence-electron chi connectivity index (χ2n) is 5.16. The highest BCUT2D eigenvalue weighted by molar-refractivity contribution is 5.46. The number of rotatable bonds is 7. The molecule has 1 unspecified atom stereocenters. The van der Waals surface area contributed by atoms with E-state index in [0.29, 0.717) is 6.54 Å². The van der Waals surface area contributed by atoms with E-state index in [1.807, 2.05) is 36.4 Å². The van der Waals surface area contributed by atoms with Gasteiger partial charge in [0.2, 0.25) is 0 Å². The summed E-state index contributed by atoms with van der Waals surface area (Å²) < 4.78 is 10.8. The number of nitrogens with one attached hydrogen (secondary N) is 1. The van der Waals surface area contributed by atoms with E-state index in [-0.39, 0.29) is 12.6 Å². The van der Waals surface area contributed by atoms with Crippen molar-refractivity contribution in [2.24, 2.45) is 0 Å². The highest BCUT2D eigenvalue weighted by atomic mass is 16.5. The van der Waals surface area contributed by atoms with E-state index in [9.17, 15) is 5.11 Å². The van der Waals surface area contributed by atoms with Gasteiger partial charge in [0.05, 0.1) is 20.8 Å². The summed E-state index contributed by atoms with van der Waals surface area (Å²) in [6.45, 7) is 2.83. The number of aliphatic hydroxyl groups is 1. The quantitative estimate of drug-likeness (QED) is 0.825. The van der Waals surface area contributed by atoms with Gasteiger partial charge in [0.25, 0.3) is 0 Å². The number of methoxy groups -OCH3 is 2. The van der Waals surface area contributed by atoms with Gasteiger partial charge >= 0.3 is 0 Å². The Bertz CT molecular complexity index is 613. The third-order valence-electron chi connectivity index (χ3n) is 3.72. The minimum absolute atomic E-state index is 0.0598. The van der Waals surface area contributed by atoms with Crippen molar-refractivity contribution in [3.63, 3.8) is 0 Å². The first kappa shape index (κ1) is 16.3. The fourth-order valence-corrected chi connectivity index (χ4v) is 2.43. The SMILES string of the molecule is COc1cccc(CNC(C)c2cccc(CO)c2)c1OC. The molecule has 0 bridgehead atoms. The summed E-state index contributed by atoms with van der Waals surface area (Å²) >= 11 is 0. The summed E-state index contributed by atoms with van der Waals surface area (Å²) in [5.74, 6) is 1.49. The molecule has 0 fully saturated rings. The van der Waals surface area contributed by atoms with Crippen LogP contribution in [0, 0.1) is 0 Å². The van der Waals surface area contributed by atoms with Crippen molar-refractivity contribution in [3.8, 4) is 11.5 Å². The van der Waals surface area contributed by atoms with E-state index in [2.05, 4.69) is 18.3 Å². The molecule has 0 aromatic heterocycles. The fraction of sp³-hybridized carbons (Fsp3) is 0.333. The lowest BCUT2D eigenvalue weighted by molar-refractivity contribution is 0.281. The average molecular weight is 301 g/mol. The molecule has 0 saturated carbocycles. The maximum atomic E-state index is 9.23. The summed E-state index contributed by atoms with van der Waals surface area (Å²) in [6, 6.07) is 14.0. The Morgan fingerprint density at radius 3 is 2.55 bits per heavy atom. The lowest BCUT2D eigenvalue weighted by Crippen LogP contribution is -2.18. The number of ether oxygens (including phenoxy) is 2. The van der Waals surface area contributed by atoms with Gasteiger partial charge in [-0.05, 0) is 24.1 Å². The predicted octanol–water partition coefficient (Wildman–Crippen LogP) is 3.05. The maximum absolute atomic E-state index is 9.23. The van der Waals surface area contributed by atoms with Crippen molar-refractivity contribution in [1.82, 2.24) is 5.32 Å². The van der Waals surface area contributed by atoms with E-state index in [4.69, 9.17) is 9.47 Å². The summed E-state index contributed by atoms with van der Waals surface area (Å²) in [7, 11) is 3.29. The number of benzene rings is 2. The van der Waals surface area contributed by atoms with Crippen molar-refractivity contribution in [2.45, 2.75) is 26.1 Å². The van der Waals surface area contributed by atoms with Crippen molar-refractivity contribution in [1.29, 1.82) is 0 Å². The van der Waals surface area contributed by atoms with Gasteiger partial charge in [-0.15, -0.1) is 0 Å². The number of aliphatic hydroxyl groups excluding tert-OH is 1. The molecule has 0 spiro atoms. The van der Waals surface area contributed by atoms with Crippen LogP contribution in [0.1, 0.15) is 29.7 Å². The molecule has 1 atom stereocenters. The highest BCUT2D eigenvalue weighted by Gasteiger charge is 2.11. The van der Waals surface area contributed by atoms with Crippen molar-refractivity contribution < 1.29 is 14.6 Å². The molecule has 2 aromatic carbocycles. The molecule has 2 aromatic rings. The Morgan fingerprint density at radius 2 is 1.86 bits per heavy atom. The standard InChI is InChI=1S/C18H23NO3/c1-13(15-7-4-6-14(10-15)12-20)19-11-16-8-5-9-17(21-2)18(16)22-3/h4-10,13,19-20H,11-12H2,1-3H3. The molecular formula is C18H23NO3. The van der Waals surface area contributed by atoms with Gasteiger partial charge < -0.3 is 19.9 Å². The second-order valence-corrected chi connectivity index (χ2v) is 5.16. The molecule has 0 aliphatic heterocycles. The maximum Gasteiger partial charge on any atom is 0.165 e. The molecule has 0 aliphatic rings. The molecule has 4 nitrogen and oxygen atoms in total. The van der Waals surface area contributed by atoms with Crippen LogP contribution in [0.5, 0.6) is 11.5 Å². The highest BCUT2D eigenvalue weighted by Crippen LogP contribution is 2.30. The summed E-state index contributed by atoms with van der Waals surface area (Å²) in [6.07, 6.45) is 0. The van der Waals surface area contributed by atoms with Crippen LogP contribution in [0.2, 0.25) is 0 Å².